The van der Waals surface area contributed by atoms with E-state index in [1.807, 2.05) is 25.6 Å². The Morgan fingerprint density at radius 2 is 2.24 bits per heavy atom. The van der Waals surface area contributed by atoms with Crippen LogP contribution < -0.4 is 5.32 Å². The first-order valence-corrected chi connectivity index (χ1v) is 7.39. The molecule has 1 N–H and O–H groups in total. The van der Waals surface area contributed by atoms with Crippen LogP contribution in [0.5, 0.6) is 0 Å². The molecule has 0 amide bonds. The molecular weight excluding hydrogens is 232 g/mol. The molecule has 0 aromatic carbocycles. The summed E-state index contributed by atoms with van der Waals surface area (Å²) >= 11 is 2.05. The molecule has 1 atom stereocenters. The second kappa shape index (κ2) is 5.02. The van der Waals surface area contributed by atoms with E-state index in [4.69, 9.17) is 4.52 Å². The van der Waals surface area contributed by atoms with Crippen LogP contribution in [0.25, 0.3) is 0 Å². The molecule has 17 heavy (non-hydrogen) atoms. The fourth-order valence-electron chi connectivity index (χ4n) is 2.25. The van der Waals surface area contributed by atoms with Crippen LogP contribution in [-0.4, -0.2) is 22.7 Å². The normalized spacial score (nSPS) is 23.9. The fourth-order valence-corrected chi connectivity index (χ4v) is 3.89. The van der Waals surface area contributed by atoms with E-state index in [2.05, 4.69) is 24.3 Å². The Labute approximate surface area is 108 Å². The lowest BCUT2D eigenvalue weighted by atomic mass is 9.82. The summed E-state index contributed by atoms with van der Waals surface area (Å²) in [5.41, 5.74) is 2.62. The molecule has 0 spiro atoms. The minimum absolute atomic E-state index is 0.393. The second-order valence-corrected chi connectivity index (χ2v) is 6.70. The Kier molecular flexibility index (Phi) is 3.83. The largest absolute Gasteiger partial charge is 0.361 e. The second-order valence-electron chi connectivity index (χ2n) is 5.55. The van der Waals surface area contributed by atoms with Crippen LogP contribution >= 0.6 is 11.8 Å². The quantitative estimate of drug-likeness (QED) is 0.900. The van der Waals surface area contributed by atoms with Gasteiger partial charge in [-0.05, 0) is 31.4 Å². The highest BCUT2D eigenvalue weighted by molar-refractivity contribution is 7.99. The van der Waals surface area contributed by atoms with Gasteiger partial charge in [0.1, 0.15) is 5.76 Å². The lowest BCUT2D eigenvalue weighted by Crippen LogP contribution is -2.46. The van der Waals surface area contributed by atoms with Gasteiger partial charge in [0.05, 0.1) is 5.69 Å². The van der Waals surface area contributed by atoms with Gasteiger partial charge in [0, 0.05) is 23.9 Å². The van der Waals surface area contributed by atoms with E-state index in [1.54, 1.807) is 0 Å². The molecule has 1 fully saturated rings. The monoisotopic (exact) mass is 254 g/mol. The Balaban J connectivity index is 1.98. The minimum Gasteiger partial charge on any atom is -0.361 e. The SMILES string of the molecule is Cc1noc(C)c1CNC1CSCCC1(C)C. The number of rotatable bonds is 3. The number of aryl methyl sites for hydroxylation is 2. The van der Waals surface area contributed by atoms with Crippen molar-refractivity contribution in [1.29, 1.82) is 0 Å². The summed E-state index contributed by atoms with van der Waals surface area (Å²) < 4.78 is 5.19. The summed E-state index contributed by atoms with van der Waals surface area (Å²) in [6, 6.07) is 0.579. The maximum Gasteiger partial charge on any atom is 0.138 e. The predicted molar refractivity (Wildman–Crippen MR) is 72.3 cm³/mol. The summed E-state index contributed by atoms with van der Waals surface area (Å²) in [5.74, 6) is 3.43. The van der Waals surface area contributed by atoms with Gasteiger partial charge in [0.25, 0.3) is 0 Å². The highest BCUT2D eigenvalue weighted by atomic mass is 32.2. The molecular formula is C13H22N2OS. The van der Waals surface area contributed by atoms with Gasteiger partial charge in [-0.2, -0.15) is 11.8 Å². The van der Waals surface area contributed by atoms with Gasteiger partial charge in [0.15, 0.2) is 0 Å². The number of hydrogen-bond acceptors (Lipinski definition) is 4. The zero-order chi connectivity index (χ0) is 12.5. The van der Waals surface area contributed by atoms with Crippen LogP contribution in [-0.2, 0) is 6.54 Å². The van der Waals surface area contributed by atoms with Gasteiger partial charge >= 0.3 is 0 Å². The molecule has 2 heterocycles. The summed E-state index contributed by atoms with van der Waals surface area (Å²) in [6.07, 6.45) is 1.29. The Morgan fingerprint density at radius 3 is 2.82 bits per heavy atom. The summed E-state index contributed by atoms with van der Waals surface area (Å²) in [7, 11) is 0. The summed E-state index contributed by atoms with van der Waals surface area (Å²) in [4.78, 5) is 0. The van der Waals surface area contributed by atoms with Gasteiger partial charge in [-0.3, -0.25) is 0 Å². The van der Waals surface area contributed by atoms with Crippen molar-refractivity contribution in [3.8, 4) is 0 Å². The predicted octanol–water partition coefficient (Wildman–Crippen LogP) is 2.91. The molecule has 1 aliphatic heterocycles. The van der Waals surface area contributed by atoms with E-state index < -0.39 is 0 Å². The number of thioether (sulfide) groups is 1. The molecule has 0 radical (unpaired) electrons. The molecule has 0 aliphatic carbocycles. The number of nitrogens with one attached hydrogen (secondary N) is 1. The smallest absolute Gasteiger partial charge is 0.138 e. The first-order valence-electron chi connectivity index (χ1n) is 6.23. The standard InChI is InChI=1S/C13H22N2OS/c1-9-11(10(2)16-15-9)7-14-12-8-17-6-5-13(12,3)4/h12,14H,5-8H2,1-4H3. The molecule has 1 aromatic rings. The molecule has 1 saturated heterocycles. The van der Waals surface area contributed by atoms with E-state index in [-0.39, 0.29) is 0 Å². The van der Waals surface area contributed by atoms with Crippen LogP contribution in [0.1, 0.15) is 37.3 Å². The minimum atomic E-state index is 0.393. The van der Waals surface area contributed by atoms with Gasteiger partial charge in [-0.25, -0.2) is 0 Å². The van der Waals surface area contributed by atoms with E-state index in [1.165, 1.54) is 23.5 Å². The molecule has 1 unspecified atom stereocenters. The Hall–Kier alpha value is -0.480. The molecule has 2 rings (SSSR count). The van der Waals surface area contributed by atoms with Crippen molar-refractivity contribution < 1.29 is 4.52 Å². The highest BCUT2D eigenvalue weighted by Gasteiger charge is 2.32. The topological polar surface area (TPSA) is 38.1 Å². The third-order valence-corrected chi connectivity index (χ3v) is 4.89. The van der Waals surface area contributed by atoms with Crippen molar-refractivity contribution in [3.05, 3.63) is 17.0 Å². The van der Waals surface area contributed by atoms with Gasteiger partial charge < -0.3 is 9.84 Å². The molecule has 3 nitrogen and oxygen atoms in total. The number of hydrogen-bond donors (Lipinski definition) is 1. The van der Waals surface area contributed by atoms with Gasteiger partial charge in [-0.1, -0.05) is 19.0 Å². The van der Waals surface area contributed by atoms with E-state index >= 15 is 0 Å². The third kappa shape index (κ3) is 2.86. The van der Waals surface area contributed by atoms with Gasteiger partial charge in [-0.15, -0.1) is 0 Å². The van der Waals surface area contributed by atoms with Crippen molar-refractivity contribution in [2.24, 2.45) is 5.41 Å². The zero-order valence-electron chi connectivity index (χ0n) is 11.2. The molecule has 1 aliphatic rings. The van der Waals surface area contributed by atoms with Crippen LogP contribution in [0.15, 0.2) is 4.52 Å². The van der Waals surface area contributed by atoms with E-state index in [0.29, 0.717) is 11.5 Å². The van der Waals surface area contributed by atoms with Crippen LogP contribution in [0.4, 0.5) is 0 Å². The van der Waals surface area contributed by atoms with Crippen LogP contribution in [0.2, 0.25) is 0 Å². The maximum atomic E-state index is 5.19. The lowest BCUT2D eigenvalue weighted by Gasteiger charge is -2.38. The number of aromatic nitrogens is 1. The molecule has 0 saturated carbocycles. The van der Waals surface area contributed by atoms with Crippen LogP contribution in [0, 0.1) is 19.3 Å². The van der Waals surface area contributed by atoms with Crippen molar-refractivity contribution in [3.63, 3.8) is 0 Å². The maximum absolute atomic E-state index is 5.19. The van der Waals surface area contributed by atoms with E-state index in [9.17, 15) is 0 Å². The van der Waals surface area contributed by atoms with Crippen LogP contribution in [0.3, 0.4) is 0 Å². The molecule has 0 bridgehead atoms. The molecule has 4 heteroatoms. The highest BCUT2D eigenvalue weighted by Crippen LogP contribution is 2.34. The van der Waals surface area contributed by atoms with Crippen molar-refractivity contribution in [2.45, 2.75) is 46.7 Å². The van der Waals surface area contributed by atoms with Crippen molar-refractivity contribution >= 4 is 11.8 Å². The molecule has 1 aromatic heterocycles. The van der Waals surface area contributed by atoms with Gasteiger partial charge in [0.2, 0.25) is 0 Å². The average Bonchev–Trinajstić information content (AvgIpc) is 2.57. The Bertz CT molecular complexity index is 367. The third-order valence-electron chi connectivity index (χ3n) is 3.83. The molecule has 96 valence electrons. The Morgan fingerprint density at radius 1 is 1.47 bits per heavy atom. The summed E-state index contributed by atoms with van der Waals surface area (Å²) in [5, 5.41) is 7.67. The number of nitrogens with zero attached hydrogens (tertiary/aromatic N) is 1. The lowest BCUT2D eigenvalue weighted by molar-refractivity contribution is 0.244. The first kappa shape index (κ1) is 13.0. The summed E-state index contributed by atoms with van der Waals surface area (Å²) in [6.45, 7) is 9.58. The van der Waals surface area contributed by atoms with Crippen molar-refractivity contribution in [1.82, 2.24) is 10.5 Å². The fraction of sp³-hybridized carbons (Fsp3) is 0.769. The zero-order valence-corrected chi connectivity index (χ0v) is 12.0. The average molecular weight is 254 g/mol. The van der Waals surface area contributed by atoms with Crippen molar-refractivity contribution in [2.75, 3.05) is 11.5 Å². The van der Waals surface area contributed by atoms with E-state index in [0.717, 1.165) is 18.0 Å². The first-order chi connectivity index (χ1) is 8.00.